The van der Waals surface area contributed by atoms with E-state index in [1.807, 2.05) is 24.3 Å². The molecule has 3 rings (SSSR count). The molecule has 1 aliphatic heterocycles. The molecule has 0 aliphatic carbocycles. The highest BCUT2D eigenvalue weighted by Crippen LogP contribution is 2.34. The summed E-state index contributed by atoms with van der Waals surface area (Å²) < 4.78 is 6.48. The summed E-state index contributed by atoms with van der Waals surface area (Å²) in [5.74, 6) is -0.156. The summed E-state index contributed by atoms with van der Waals surface area (Å²) in [4.78, 5) is 16.6. The van der Waals surface area contributed by atoms with Crippen molar-refractivity contribution < 1.29 is 9.53 Å². The second-order valence-corrected chi connectivity index (χ2v) is 6.83. The SMILES string of the molecule is O=C(NC1(c2cccc(Br)c2)CCOCC1)c1ccnc(Cl)c1. The molecule has 0 radical (unpaired) electrons. The Morgan fingerprint density at radius 2 is 2.04 bits per heavy atom. The lowest BCUT2D eigenvalue weighted by atomic mass is 9.82. The topological polar surface area (TPSA) is 51.2 Å². The van der Waals surface area contributed by atoms with Gasteiger partial charge in [0.15, 0.2) is 0 Å². The van der Waals surface area contributed by atoms with E-state index in [9.17, 15) is 4.79 Å². The fourth-order valence-electron chi connectivity index (χ4n) is 2.83. The Kier molecular flexibility index (Phi) is 4.99. The highest BCUT2D eigenvalue weighted by Gasteiger charge is 2.36. The largest absolute Gasteiger partial charge is 0.381 e. The van der Waals surface area contributed by atoms with E-state index in [1.165, 1.54) is 6.20 Å². The summed E-state index contributed by atoms with van der Waals surface area (Å²) in [6, 6.07) is 11.3. The minimum atomic E-state index is -0.436. The summed E-state index contributed by atoms with van der Waals surface area (Å²) in [6.45, 7) is 1.23. The van der Waals surface area contributed by atoms with Crippen LogP contribution in [0.4, 0.5) is 0 Å². The number of pyridine rings is 1. The number of nitrogens with one attached hydrogen (secondary N) is 1. The van der Waals surface area contributed by atoms with Crippen LogP contribution in [0.5, 0.6) is 0 Å². The summed E-state index contributed by atoms with van der Waals surface area (Å²) in [7, 11) is 0. The normalized spacial score (nSPS) is 16.8. The molecule has 120 valence electrons. The van der Waals surface area contributed by atoms with Crippen LogP contribution in [0.25, 0.3) is 0 Å². The van der Waals surface area contributed by atoms with Gasteiger partial charge in [0.1, 0.15) is 5.15 Å². The number of amides is 1. The number of benzene rings is 1. The Labute approximate surface area is 148 Å². The van der Waals surface area contributed by atoms with Gasteiger partial charge >= 0.3 is 0 Å². The summed E-state index contributed by atoms with van der Waals surface area (Å²) >= 11 is 9.39. The van der Waals surface area contributed by atoms with Crippen LogP contribution in [0.2, 0.25) is 5.15 Å². The lowest BCUT2D eigenvalue weighted by Gasteiger charge is -2.38. The van der Waals surface area contributed by atoms with Crippen molar-refractivity contribution in [1.29, 1.82) is 0 Å². The van der Waals surface area contributed by atoms with Gasteiger partial charge in [-0.3, -0.25) is 4.79 Å². The molecule has 0 atom stereocenters. The lowest BCUT2D eigenvalue weighted by Crippen LogP contribution is -2.49. The van der Waals surface area contributed by atoms with E-state index >= 15 is 0 Å². The zero-order valence-corrected chi connectivity index (χ0v) is 14.7. The first kappa shape index (κ1) is 16.4. The van der Waals surface area contributed by atoms with Gasteiger partial charge in [-0.15, -0.1) is 0 Å². The summed E-state index contributed by atoms with van der Waals surface area (Å²) in [5.41, 5.74) is 1.14. The van der Waals surface area contributed by atoms with Gasteiger partial charge in [-0.1, -0.05) is 39.7 Å². The predicted octanol–water partition coefficient (Wildman–Crippen LogP) is 3.93. The third-order valence-electron chi connectivity index (χ3n) is 4.07. The molecule has 2 heterocycles. The number of hydrogen-bond acceptors (Lipinski definition) is 3. The van der Waals surface area contributed by atoms with Crippen LogP contribution in [0.1, 0.15) is 28.8 Å². The van der Waals surface area contributed by atoms with Crippen molar-refractivity contribution in [1.82, 2.24) is 10.3 Å². The Morgan fingerprint density at radius 3 is 2.74 bits per heavy atom. The van der Waals surface area contributed by atoms with Crippen LogP contribution in [0.3, 0.4) is 0 Å². The van der Waals surface area contributed by atoms with Gasteiger partial charge in [0.2, 0.25) is 0 Å². The fraction of sp³-hybridized carbons (Fsp3) is 0.294. The molecule has 0 unspecified atom stereocenters. The van der Waals surface area contributed by atoms with E-state index in [2.05, 4.69) is 26.2 Å². The van der Waals surface area contributed by atoms with Gasteiger partial charge in [0, 0.05) is 29.4 Å². The molecule has 0 bridgehead atoms. The van der Waals surface area contributed by atoms with Crippen molar-refractivity contribution in [3.05, 3.63) is 63.3 Å². The van der Waals surface area contributed by atoms with Gasteiger partial charge in [-0.25, -0.2) is 4.98 Å². The van der Waals surface area contributed by atoms with Gasteiger partial charge in [0.25, 0.3) is 5.91 Å². The zero-order chi connectivity index (χ0) is 16.3. The van der Waals surface area contributed by atoms with E-state index in [0.717, 1.165) is 22.9 Å². The molecular formula is C17H16BrClN2O2. The van der Waals surface area contributed by atoms with Crippen molar-refractivity contribution in [3.63, 3.8) is 0 Å². The lowest BCUT2D eigenvalue weighted by molar-refractivity contribution is 0.0345. The zero-order valence-electron chi connectivity index (χ0n) is 12.4. The molecule has 1 aromatic heterocycles. The van der Waals surface area contributed by atoms with Crippen molar-refractivity contribution in [2.24, 2.45) is 0 Å². The highest BCUT2D eigenvalue weighted by molar-refractivity contribution is 9.10. The Morgan fingerprint density at radius 1 is 1.26 bits per heavy atom. The van der Waals surface area contributed by atoms with Gasteiger partial charge in [-0.05, 0) is 42.7 Å². The van der Waals surface area contributed by atoms with Crippen LogP contribution in [-0.2, 0) is 10.3 Å². The van der Waals surface area contributed by atoms with E-state index in [4.69, 9.17) is 16.3 Å². The molecule has 0 saturated carbocycles. The van der Waals surface area contributed by atoms with E-state index in [1.54, 1.807) is 12.1 Å². The second-order valence-electron chi connectivity index (χ2n) is 5.53. The van der Waals surface area contributed by atoms with Crippen molar-refractivity contribution in [3.8, 4) is 0 Å². The Bertz CT molecular complexity index is 717. The standard InChI is InChI=1S/C17H16BrClN2O2/c18-14-3-1-2-13(11-14)17(5-8-23-9-6-17)21-16(22)12-4-7-20-15(19)10-12/h1-4,7,10-11H,5-6,8-9H2,(H,21,22). The molecule has 1 fully saturated rings. The number of halogens is 2. The second kappa shape index (κ2) is 6.99. The molecule has 2 aromatic rings. The number of carbonyl (C=O) groups is 1. The molecule has 1 amide bonds. The summed E-state index contributed by atoms with van der Waals surface area (Å²) in [6.07, 6.45) is 3.00. The molecule has 23 heavy (non-hydrogen) atoms. The number of ether oxygens (including phenoxy) is 1. The molecule has 1 saturated heterocycles. The maximum atomic E-state index is 12.7. The quantitative estimate of drug-likeness (QED) is 0.801. The number of carbonyl (C=O) groups excluding carboxylic acids is 1. The first-order chi connectivity index (χ1) is 11.1. The first-order valence-electron chi connectivity index (χ1n) is 7.37. The third-order valence-corrected chi connectivity index (χ3v) is 4.77. The number of aromatic nitrogens is 1. The maximum Gasteiger partial charge on any atom is 0.252 e. The monoisotopic (exact) mass is 394 g/mol. The van der Waals surface area contributed by atoms with E-state index in [-0.39, 0.29) is 5.91 Å². The van der Waals surface area contributed by atoms with Crippen LogP contribution < -0.4 is 5.32 Å². The molecule has 1 aliphatic rings. The average Bonchev–Trinajstić information content (AvgIpc) is 2.56. The fourth-order valence-corrected chi connectivity index (χ4v) is 3.40. The molecular weight excluding hydrogens is 380 g/mol. The number of hydrogen-bond donors (Lipinski definition) is 1. The van der Waals surface area contributed by atoms with Crippen LogP contribution in [-0.4, -0.2) is 24.1 Å². The molecule has 0 spiro atoms. The minimum absolute atomic E-state index is 0.156. The van der Waals surface area contributed by atoms with E-state index < -0.39 is 5.54 Å². The van der Waals surface area contributed by atoms with Crippen molar-refractivity contribution in [2.75, 3.05) is 13.2 Å². The smallest absolute Gasteiger partial charge is 0.252 e. The Balaban J connectivity index is 1.92. The predicted molar refractivity (Wildman–Crippen MR) is 92.6 cm³/mol. The Hall–Kier alpha value is -1.43. The summed E-state index contributed by atoms with van der Waals surface area (Å²) in [5, 5.41) is 3.50. The van der Waals surface area contributed by atoms with Crippen LogP contribution in [0.15, 0.2) is 47.1 Å². The molecule has 1 aromatic carbocycles. The van der Waals surface area contributed by atoms with Gasteiger partial charge in [-0.2, -0.15) is 0 Å². The first-order valence-corrected chi connectivity index (χ1v) is 8.54. The van der Waals surface area contributed by atoms with Crippen LogP contribution >= 0.6 is 27.5 Å². The number of rotatable bonds is 3. The highest BCUT2D eigenvalue weighted by atomic mass is 79.9. The number of nitrogens with zero attached hydrogens (tertiary/aromatic N) is 1. The average molecular weight is 396 g/mol. The van der Waals surface area contributed by atoms with Crippen LogP contribution in [0, 0.1) is 0 Å². The molecule has 4 nitrogen and oxygen atoms in total. The molecule has 6 heteroatoms. The van der Waals surface area contributed by atoms with Gasteiger partial charge < -0.3 is 10.1 Å². The minimum Gasteiger partial charge on any atom is -0.381 e. The third kappa shape index (κ3) is 3.74. The van der Waals surface area contributed by atoms with E-state index in [0.29, 0.717) is 23.9 Å². The van der Waals surface area contributed by atoms with Gasteiger partial charge in [0.05, 0.1) is 5.54 Å². The van der Waals surface area contributed by atoms with Crippen molar-refractivity contribution in [2.45, 2.75) is 18.4 Å². The maximum absolute atomic E-state index is 12.7. The van der Waals surface area contributed by atoms with Crippen molar-refractivity contribution >= 4 is 33.4 Å². The molecule has 1 N–H and O–H groups in total.